The second-order valence-corrected chi connectivity index (χ2v) is 8.58. The molecule has 29 heavy (non-hydrogen) atoms. The molecule has 2 aromatic rings. The average molecular weight is 423 g/mol. The third kappa shape index (κ3) is 5.11. The first kappa shape index (κ1) is 22.8. The van der Waals surface area contributed by atoms with Crippen LogP contribution < -0.4 is 4.72 Å². The highest BCUT2D eigenvalue weighted by molar-refractivity contribution is 7.89. The Bertz CT molecular complexity index is 1010. The van der Waals surface area contributed by atoms with E-state index in [-0.39, 0.29) is 22.3 Å². The van der Waals surface area contributed by atoms with Gasteiger partial charge in [0.2, 0.25) is 15.8 Å². The van der Waals surface area contributed by atoms with Crippen molar-refractivity contribution >= 4 is 21.8 Å². The number of carbonyl (C=O) groups is 2. The fourth-order valence-corrected chi connectivity index (χ4v) is 4.03. The molecule has 0 aliphatic rings. The fraction of sp³-hybridized carbons (Fsp3) is 0.400. The first-order valence-electron chi connectivity index (χ1n) is 9.03. The van der Waals surface area contributed by atoms with Crippen molar-refractivity contribution in [3.05, 3.63) is 52.8 Å². The molecule has 9 heteroatoms. The molecular weight excluding hydrogens is 396 g/mol. The number of carbonyl (C=O) groups excluding carboxylic acids is 2. The smallest absolute Gasteiger partial charge is 0.338 e. The second kappa shape index (κ2) is 9.34. The molecule has 158 valence electrons. The van der Waals surface area contributed by atoms with E-state index < -0.39 is 22.6 Å². The van der Waals surface area contributed by atoms with E-state index in [4.69, 9.17) is 9.47 Å². The quantitative estimate of drug-likeness (QED) is 0.491. The number of Topliss-reactive ketones (excluding diaryl/α,β-unsaturated/α-hetero) is 1. The first-order valence-corrected chi connectivity index (χ1v) is 10.5. The number of methoxy groups -OCH3 is 1. The Labute approximate surface area is 170 Å². The van der Waals surface area contributed by atoms with Crippen molar-refractivity contribution in [2.75, 3.05) is 27.4 Å². The lowest BCUT2D eigenvalue weighted by molar-refractivity contribution is 0.0474. The number of hydrogen-bond acceptors (Lipinski definition) is 6. The topological polar surface area (TPSA) is 104 Å². The third-order valence-corrected chi connectivity index (χ3v) is 6.03. The van der Waals surface area contributed by atoms with Gasteiger partial charge in [-0.25, -0.2) is 17.9 Å². The number of nitrogens with one attached hydrogen (secondary N) is 1. The predicted octanol–water partition coefficient (Wildman–Crippen LogP) is 2.26. The highest BCUT2D eigenvalue weighted by atomic mass is 32.2. The van der Waals surface area contributed by atoms with Crippen molar-refractivity contribution < 1.29 is 27.5 Å². The lowest BCUT2D eigenvalue weighted by atomic mass is 10.1. The van der Waals surface area contributed by atoms with Crippen LogP contribution >= 0.6 is 0 Å². The van der Waals surface area contributed by atoms with Crippen molar-refractivity contribution in [2.24, 2.45) is 0 Å². The van der Waals surface area contributed by atoms with E-state index in [9.17, 15) is 18.0 Å². The Hall–Kier alpha value is -2.49. The summed E-state index contributed by atoms with van der Waals surface area (Å²) in [4.78, 5) is 24.8. The van der Waals surface area contributed by atoms with Crippen LogP contribution in [-0.2, 0) is 19.5 Å². The zero-order chi connectivity index (χ0) is 21.8. The molecule has 1 atom stereocenters. The van der Waals surface area contributed by atoms with Crippen molar-refractivity contribution in [3.63, 3.8) is 0 Å². The number of nitrogens with zero attached hydrogens (tertiary/aromatic N) is 1. The Kier molecular flexibility index (Phi) is 7.34. The number of rotatable bonds is 9. The van der Waals surface area contributed by atoms with Crippen LogP contribution in [-0.4, -0.2) is 52.1 Å². The molecule has 0 radical (unpaired) electrons. The van der Waals surface area contributed by atoms with E-state index in [0.717, 1.165) is 11.4 Å². The van der Waals surface area contributed by atoms with Gasteiger partial charge in [-0.3, -0.25) is 4.79 Å². The minimum Gasteiger partial charge on any atom is -0.454 e. The lowest BCUT2D eigenvalue weighted by Crippen LogP contribution is -2.19. The molecule has 8 nitrogen and oxygen atoms in total. The van der Waals surface area contributed by atoms with Gasteiger partial charge >= 0.3 is 5.97 Å². The summed E-state index contributed by atoms with van der Waals surface area (Å²) in [5, 5.41) is 0. The SMILES string of the molecule is CNS(=O)(=O)c1cccc(C(=O)OCC(=O)c2cc(C)n([C@H](C)COC)c2C)c1. The lowest BCUT2D eigenvalue weighted by Gasteiger charge is -2.17. The number of hydrogen-bond donors (Lipinski definition) is 1. The Morgan fingerprint density at radius 3 is 2.52 bits per heavy atom. The zero-order valence-electron chi connectivity index (χ0n) is 17.2. The van der Waals surface area contributed by atoms with E-state index >= 15 is 0 Å². The first-order chi connectivity index (χ1) is 13.6. The molecule has 0 spiro atoms. The number of benzene rings is 1. The highest BCUT2D eigenvalue weighted by Gasteiger charge is 2.21. The van der Waals surface area contributed by atoms with Crippen LogP contribution in [0.1, 0.15) is 45.1 Å². The zero-order valence-corrected chi connectivity index (χ0v) is 18.0. The minimum atomic E-state index is -3.69. The summed E-state index contributed by atoms with van der Waals surface area (Å²) < 4.78 is 38.2. The van der Waals surface area contributed by atoms with Gasteiger partial charge in [-0.05, 0) is 52.1 Å². The standard InChI is InChI=1S/C20H26N2O6S/c1-13-9-18(15(3)22(13)14(2)11-27-5)19(23)12-28-20(24)16-7-6-8-17(10-16)29(25,26)21-4/h6-10,14,21H,11-12H2,1-5H3/t14-/m1/s1. The summed E-state index contributed by atoms with van der Waals surface area (Å²) in [7, 11) is -0.788. The van der Waals surface area contributed by atoms with E-state index in [2.05, 4.69) is 4.72 Å². The normalized spacial score (nSPS) is 12.6. The average Bonchev–Trinajstić information content (AvgIpc) is 3.00. The Morgan fingerprint density at radius 1 is 1.21 bits per heavy atom. The molecule has 1 heterocycles. The summed E-state index contributed by atoms with van der Waals surface area (Å²) in [6.07, 6.45) is 0. The molecule has 0 saturated heterocycles. The van der Waals surface area contributed by atoms with Crippen LogP contribution in [0.4, 0.5) is 0 Å². The summed E-state index contributed by atoms with van der Waals surface area (Å²) in [5.41, 5.74) is 2.21. The molecule has 0 aliphatic carbocycles. The molecule has 2 rings (SSSR count). The van der Waals surface area contributed by atoms with Crippen molar-refractivity contribution in [3.8, 4) is 0 Å². The number of esters is 1. The number of ether oxygens (including phenoxy) is 2. The number of sulfonamides is 1. The third-order valence-electron chi connectivity index (χ3n) is 4.62. The van der Waals surface area contributed by atoms with Gasteiger partial charge in [0.1, 0.15) is 0 Å². The van der Waals surface area contributed by atoms with Crippen LogP contribution in [0.5, 0.6) is 0 Å². The number of ketones is 1. The van der Waals surface area contributed by atoms with Crippen LogP contribution in [0.15, 0.2) is 35.2 Å². The summed E-state index contributed by atoms with van der Waals surface area (Å²) in [5.74, 6) is -1.10. The van der Waals surface area contributed by atoms with Gasteiger partial charge in [-0.2, -0.15) is 0 Å². The number of aromatic nitrogens is 1. The molecule has 1 aromatic heterocycles. The van der Waals surface area contributed by atoms with Gasteiger partial charge in [0.25, 0.3) is 0 Å². The van der Waals surface area contributed by atoms with E-state index in [1.54, 1.807) is 13.2 Å². The maximum atomic E-state index is 12.6. The molecule has 0 saturated carbocycles. The van der Waals surface area contributed by atoms with Gasteiger partial charge in [-0.1, -0.05) is 6.07 Å². The van der Waals surface area contributed by atoms with Crippen LogP contribution in [0, 0.1) is 13.8 Å². The molecule has 0 unspecified atom stereocenters. The maximum absolute atomic E-state index is 12.6. The van der Waals surface area contributed by atoms with Crippen LogP contribution in [0.25, 0.3) is 0 Å². The molecule has 1 N–H and O–H groups in total. The van der Waals surface area contributed by atoms with Gasteiger partial charge in [0, 0.05) is 24.1 Å². The Balaban J connectivity index is 2.13. The maximum Gasteiger partial charge on any atom is 0.338 e. The summed E-state index contributed by atoms with van der Waals surface area (Å²) in [6.45, 7) is 5.79. The van der Waals surface area contributed by atoms with Crippen LogP contribution in [0.2, 0.25) is 0 Å². The molecule has 0 bridgehead atoms. The van der Waals surface area contributed by atoms with Gasteiger partial charge < -0.3 is 14.0 Å². The summed E-state index contributed by atoms with van der Waals surface area (Å²) >= 11 is 0. The fourth-order valence-electron chi connectivity index (χ4n) is 3.25. The van der Waals surface area contributed by atoms with Gasteiger partial charge in [0.05, 0.1) is 23.1 Å². The highest BCUT2D eigenvalue weighted by Crippen LogP contribution is 2.21. The summed E-state index contributed by atoms with van der Waals surface area (Å²) in [6, 6.07) is 7.26. The van der Waals surface area contributed by atoms with Crippen molar-refractivity contribution in [1.82, 2.24) is 9.29 Å². The van der Waals surface area contributed by atoms with Gasteiger partial charge in [0.15, 0.2) is 6.61 Å². The van der Waals surface area contributed by atoms with Crippen LogP contribution in [0.3, 0.4) is 0 Å². The largest absolute Gasteiger partial charge is 0.454 e. The monoisotopic (exact) mass is 422 g/mol. The predicted molar refractivity (Wildman–Crippen MR) is 108 cm³/mol. The molecule has 0 amide bonds. The van der Waals surface area contributed by atoms with E-state index in [0.29, 0.717) is 12.2 Å². The molecule has 1 aromatic carbocycles. The molecular formula is C20H26N2O6S. The molecule has 0 aliphatic heterocycles. The molecule has 0 fully saturated rings. The number of aryl methyl sites for hydroxylation is 1. The van der Waals surface area contributed by atoms with Gasteiger partial charge in [-0.15, -0.1) is 0 Å². The van der Waals surface area contributed by atoms with Crippen molar-refractivity contribution in [2.45, 2.75) is 31.7 Å². The van der Waals surface area contributed by atoms with Crippen molar-refractivity contribution in [1.29, 1.82) is 0 Å². The van der Waals surface area contributed by atoms with E-state index in [1.807, 2.05) is 25.3 Å². The second-order valence-electron chi connectivity index (χ2n) is 6.69. The van der Waals surface area contributed by atoms with E-state index in [1.165, 1.54) is 31.3 Å². The Morgan fingerprint density at radius 2 is 1.90 bits per heavy atom. The minimum absolute atomic E-state index is 0.0494.